The molecule has 0 aromatic carbocycles. The Bertz CT molecular complexity index is 436. The highest BCUT2D eigenvalue weighted by atomic mass is 16.4. The molecule has 5 nitrogen and oxygen atoms in total. The van der Waals surface area contributed by atoms with E-state index >= 15 is 0 Å². The van der Waals surface area contributed by atoms with Crippen LogP contribution in [-0.4, -0.2) is 26.9 Å². The van der Waals surface area contributed by atoms with Gasteiger partial charge >= 0.3 is 5.97 Å². The van der Waals surface area contributed by atoms with Crippen LogP contribution in [0.15, 0.2) is 6.20 Å². The van der Waals surface area contributed by atoms with Crippen molar-refractivity contribution in [3.8, 4) is 0 Å². The lowest BCUT2D eigenvalue weighted by atomic mass is 9.84. The van der Waals surface area contributed by atoms with Crippen LogP contribution in [0.25, 0.3) is 0 Å². The summed E-state index contributed by atoms with van der Waals surface area (Å²) in [6.07, 6.45) is 7.99. The minimum absolute atomic E-state index is 0.297. The zero-order valence-electron chi connectivity index (χ0n) is 11.7. The van der Waals surface area contributed by atoms with Gasteiger partial charge in [0.15, 0.2) is 0 Å². The molecule has 19 heavy (non-hydrogen) atoms. The predicted octanol–water partition coefficient (Wildman–Crippen LogP) is 2.18. The molecule has 5 heteroatoms. The second kappa shape index (κ2) is 6.19. The van der Waals surface area contributed by atoms with Crippen LogP contribution in [0, 0.1) is 5.92 Å². The van der Waals surface area contributed by atoms with Crippen LogP contribution < -0.4 is 5.32 Å². The van der Waals surface area contributed by atoms with Gasteiger partial charge < -0.3 is 10.4 Å². The standard InChI is InChI=1S/C14H23N3O2/c1-10(11-6-4-3-5-7-11)15-9-13-12(14(18)19)8-16-17(13)2/h8,10-11,15H,3-7,9H2,1-2H3,(H,18,19). The molecule has 1 aliphatic rings. The summed E-state index contributed by atoms with van der Waals surface area (Å²) in [5, 5.41) is 16.6. The number of carbonyl (C=O) groups is 1. The second-order valence-electron chi connectivity index (χ2n) is 5.50. The third kappa shape index (κ3) is 3.35. The van der Waals surface area contributed by atoms with E-state index in [4.69, 9.17) is 5.11 Å². The fraction of sp³-hybridized carbons (Fsp3) is 0.714. The molecule has 0 saturated heterocycles. The Morgan fingerprint density at radius 3 is 2.84 bits per heavy atom. The molecule has 0 radical (unpaired) electrons. The Balaban J connectivity index is 1.94. The maximum absolute atomic E-state index is 11.1. The van der Waals surface area contributed by atoms with Crippen LogP contribution in [-0.2, 0) is 13.6 Å². The molecule has 106 valence electrons. The van der Waals surface area contributed by atoms with Crippen LogP contribution in [0.2, 0.25) is 0 Å². The van der Waals surface area contributed by atoms with Gasteiger partial charge in [-0.1, -0.05) is 19.3 Å². The number of hydrogen-bond donors (Lipinski definition) is 2. The number of rotatable bonds is 5. The van der Waals surface area contributed by atoms with E-state index in [2.05, 4.69) is 17.3 Å². The van der Waals surface area contributed by atoms with Gasteiger partial charge in [-0.15, -0.1) is 0 Å². The summed E-state index contributed by atoms with van der Waals surface area (Å²) in [7, 11) is 1.79. The highest BCUT2D eigenvalue weighted by Crippen LogP contribution is 2.26. The van der Waals surface area contributed by atoms with E-state index in [9.17, 15) is 4.79 Å². The van der Waals surface area contributed by atoms with E-state index in [0.717, 1.165) is 11.6 Å². The van der Waals surface area contributed by atoms with Gasteiger partial charge in [-0.3, -0.25) is 4.68 Å². The number of aromatic nitrogens is 2. The van der Waals surface area contributed by atoms with Crippen molar-refractivity contribution in [2.24, 2.45) is 13.0 Å². The van der Waals surface area contributed by atoms with Gasteiger partial charge in [-0.25, -0.2) is 4.79 Å². The minimum atomic E-state index is -0.907. The first kappa shape index (κ1) is 14.1. The molecule has 1 atom stereocenters. The van der Waals surface area contributed by atoms with E-state index in [-0.39, 0.29) is 0 Å². The topological polar surface area (TPSA) is 67.2 Å². The van der Waals surface area contributed by atoms with E-state index in [1.807, 2.05) is 0 Å². The summed E-state index contributed by atoms with van der Waals surface area (Å²) in [5.41, 5.74) is 1.04. The first-order valence-electron chi connectivity index (χ1n) is 7.07. The molecule has 1 unspecified atom stereocenters. The van der Waals surface area contributed by atoms with Crippen molar-refractivity contribution in [3.05, 3.63) is 17.5 Å². The lowest BCUT2D eigenvalue weighted by Crippen LogP contribution is -2.35. The molecule has 0 aliphatic heterocycles. The first-order chi connectivity index (χ1) is 9.09. The average Bonchev–Trinajstić information content (AvgIpc) is 2.78. The minimum Gasteiger partial charge on any atom is -0.478 e. The maximum atomic E-state index is 11.1. The molecule has 0 spiro atoms. The van der Waals surface area contributed by atoms with Crippen LogP contribution in [0.1, 0.15) is 55.1 Å². The van der Waals surface area contributed by atoms with Crippen molar-refractivity contribution in [1.29, 1.82) is 0 Å². The monoisotopic (exact) mass is 265 g/mol. The number of nitrogens with zero attached hydrogens (tertiary/aromatic N) is 2. The maximum Gasteiger partial charge on any atom is 0.339 e. The molecule has 0 bridgehead atoms. The summed E-state index contributed by atoms with van der Waals surface area (Å²) in [6, 6.07) is 0.428. The van der Waals surface area contributed by atoms with Crippen molar-refractivity contribution < 1.29 is 9.90 Å². The highest BCUT2D eigenvalue weighted by Gasteiger charge is 2.21. The number of hydrogen-bond acceptors (Lipinski definition) is 3. The number of aromatic carboxylic acids is 1. The zero-order valence-corrected chi connectivity index (χ0v) is 11.7. The van der Waals surface area contributed by atoms with Gasteiger partial charge in [-0.2, -0.15) is 5.10 Å². The molecule has 1 aromatic rings. The van der Waals surface area contributed by atoms with Crippen LogP contribution in [0.3, 0.4) is 0 Å². The molecular formula is C14H23N3O2. The summed E-state index contributed by atoms with van der Waals surface area (Å²) in [4.78, 5) is 11.1. The number of aryl methyl sites for hydroxylation is 1. The highest BCUT2D eigenvalue weighted by molar-refractivity contribution is 5.88. The van der Waals surface area contributed by atoms with E-state index < -0.39 is 5.97 Å². The molecule has 1 fully saturated rings. The summed E-state index contributed by atoms with van der Waals surface area (Å²) in [6.45, 7) is 2.77. The lowest BCUT2D eigenvalue weighted by molar-refractivity contribution is 0.0695. The number of carboxylic acid groups (broad SMARTS) is 1. The van der Waals surface area contributed by atoms with Crippen molar-refractivity contribution in [3.63, 3.8) is 0 Å². The third-order valence-electron chi connectivity index (χ3n) is 4.24. The molecule has 1 heterocycles. The first-order valence-corrected chi connectivity index (χ1v) is 7.07. The second-order valence-corrected chi connectivity index (χ2v) is 5.50. The van der Waals surface area contributed by atoms with Gasteiger partial charge in [0.2, 0.25) is 0 Å². The Morgan fingerprint density at radius 2 is 2.21 bits per heavy atom. The lowest BCUT2D eigenvalue weighted by Gasteiger charge is -2.28. The Kier molecular flexibility index (Phi) is 4.58. The van der Waals surface area contributed by atoms with Gasteiger partial charge in [0.05, 0.1) is 11.9 Å². The molecule has 0 amide bonds. The van der Waals surface area contributed by atoms with Gasteiger partial charge in [0, 0.05) is 19.6 Å². The third-order valence-corrected chi connectivity index (χ3v) is 4.24. The molecule has 1 aliphatic carbocycles. The zero-order chi connectivity index (χ0) is 13.8. The smallest absolute Gasteiger partial charge is 0.339 e. The Hall–Kier alpha value is -1.36. The summed E-state index contributed by atoms with van der Waals surface area (Å²) >= 11 is 0. The van der Waals surface area contributed by atoms with Gasteiger partial charge in [0.1, 0.15) is 5.56 Å². The Labute approximate surface area is 114 Å². The number of nitrogens with one attached hydrogen (secondary N) is 1. The van der Waals surface area contributed by atoms with Gasteiger partial charge in [-0.05, 0) is 25.7 Å². The predicted molar refractivity (Wildman–Crippen MR) is 73.0 cm³/mol. The summed E-state index contributed by atoms with van der Waals surface area (Å²) in [5.74, 6) is -0.189. The Morgan fingerprint density at radius 1 is 1.53 bits per heavy atom. The molecule has 2 rings (SSSR count). The molecular weight excluding hydrogens is 242 g/mol. The average molecular weight is 265 g/mol. The normalized spacial score (nSPS) is 18.4. The number of carboxylic acids is 1. The van der Waals surface area contributed by atoms with Crippen molar-refractivity contribution >= 4 is 5.97 Å². The van der Waals surface area contributed by atoms with Crippen LogP contribution in [0.4, 0.5) is 0 Å². The largest absolute Gasteiger partial charge is 0.478 e. The summed E-state index contributed by atoms with van der Waals surface area (Å²) < 4.78 is 1.64. The fourth-order valence-electron chi connectivity index (χ4n) is 2.91. The van der Waals surface area contributed by atoms with Crippen molar-refractivity contribution in [2.45, 2.75) is 51.6 Å². The molecule has 1 aromatic heterocycles. The van der Waals surface area contributed by atoms with Gasteiger partial charge in [0.25, 0.3) is 0 Å². The molecule has 2 N–H and O–H groups in total. The van der Waals surface area contributed by atoms with E-state index in [1.54, 1.807) is 11.7 Å². The van der Waals surface area contributed by atoms with Crippen molar-refractivity contribution in [2.75, 3.05) is 0 Å². The van der Waals surface area contributed by atoms with Crippen LogP contribution >= 0.6 is 0 Å². The van der Waals surface area contributed by atoms with Crippen molar-refractivity contribution in [1.82, 2.24) is 15.1 Å². The van der Waals surface area contributed by atoms with E-state index in [0.29, 0.717) is 18.2 Å². The fourth-order valence-corrected chi connectivity index (χ4v) is 2.91. The SMILES string of the molecule is CC(NCc1c(C(=O)O)cnn1C)C1CCCCC1. The van der Waals surface area contributed by atoms with E-state index in [1.165, 1.54) is 38.3 Å². The quantitative estimate of drug-likeness (QED) is 0.856. The van der Waals surface area contributed by atoms with Crippen LogP contribution in [0.5, 0.6) is 0 Å². The molecule has 1 saturated carbocycles.